The average Bonchev–Trinajstić information content (AvgIpc) is 3.26. The highest BCUT2D eigenvalue weighted by Gasteiger charge is 2.31. The molecule has 0 atom stereocenters. The van der Waals surface area contributed by atoms with Gasteiger partial charge in [-0.25, -0.2) is 4.79 Å². The fourth-order valence-corrected chi connectivity index (χ4v) is 3.24. The molecule has 0 bridgehead atoms. The summed E-state index contributed by atoms with van der Waals surface area (Å²) < 4.78 is 10.4. The van der Waals surface area contributed by atoms with Crippen LogP contribution in [-0.2, 0) is 4.79 Å². The van der Waals surface area contributed by atoms with Gasteiger partial charge in [-0.15, -0.1) is 0 Å². The van der Waals surface area contributed by atoms with Crippen LogP contribution in [0.15, 0.2) is 41.0 Å². The molecule has 0 saturated heterocycles. The molecule has 11 heteroatoms. The molecule has 2 aromatic rings. The van der Waals surface area contributed by atoms with Gasteiger partial charge in [-0.3, -0.25) is 14.9 Å². The number of aromatic carboxylic acids is 1. The molecule has 0 aromatic heterocycles. The summed E-state index contributed by atoms with van der Waals surface area (Å²) in [6.45, 7) is 1.51. The number of carboxylic acid groups (broad SMARTS) is 1. The molecule has 2 aliphatic heterocycles. The number of carboxylic acids is 1. The van der Waals surface area contributed by atoms with Gasteiger partial charge in [0.05, 0.1) is 44.1 Å². The zero-order valence-corrected chi connectivity index (χ0v) is 16.0. The number of anilines is 1. The monoisotopic (exact) mass is 429 g/mol. The van der Waals surface area contributed by atoms with Gasteiger partial charge in [0.25, 0.3) is 11.6 Å². The van der Waals surface area contributed by atoms with Crippen molar-refractivity contribution in [3.8, 4) is 11.5 Å². The van der Waals surface area contributed by atoms with Gasteiger partial charge in [-0.05, 0) is 37.3 Å². The predicted molar refractivity (Wildman–Crippen MR) is 106 cm³/mol. The summed E-state index contributed by atoms with van der Waals surface area (Å²) in [5.41, 5.74) is 0.322. The number of hydrogen-bond acceptors (Lipinski definition) is 7. The van der Waals surface area contributed by atoms with Crippen molar-refractivity contribution in [2.75, 3.05) is 11.8 Å². The fraction of sp³-hybridized carbons (Fsp3) is 0.105. The molecule has 0 unspecified atom stereocenters. The topological polar surface area (TPSA) is 132 Å². The van der Waals surface area contributed by atoms with E-state index in [-0.39, 0.29) is 45.6 Å². The molecular formula is C19H12ClN3O7. The number of fused-ring (bicyclic) bond motifs is 1. The van der Waals surface area contributed by atoms with E-state index < -0.39 is 16.8 Å². The van der Waals surface area contributed by atoms with Gasteiger partial charge >= 0.3 is 5.97 Å². The van der Waals surface area contributed by atoms with E-state index in [1.807, 2.05) is 0 Å². The van der Waals surface area contributed by atoms with E-state index in [1.54, 1.807) is 6.92 Å². The molecule has 0 fully saturated rings. The molecule has 1 N–H and O–H groups in total. The van der Waals surface area contributed by atoms with E-state index in [4.69, 9.17) is 21.1 Å². The molecule has 2 heterocycles. The van der Waals surface area contributed by atoms with Crippen molar-refractivity contribution in [2.24, 2.45) is 5.10 Å². The summed E-state index contributed by atoms with van der Waals surface area (Å²) in [6.07, 6.45) is 1.34. The van der Waals surface area contributed by atoms with Crippen molar-refractivity contribution >= 4 is 46.6 Å². The summed E-state index contributed by atoms with van der Waals surface area (Å²) in [5, 5.41) is 25.9. The molecule has 0 aliphatic carbocycles. The maximum atomic E-state index is 12.9. The van der Waals surface area contributed by atoms with Crippen LogP contribution in [0.3, 0.4) is 0 Å². The average molecular weight is 430 g/mol. The van der Waals surface area contributed by atoms with E-state index in [0.29, 0.717) is 11.5 Å². The van der Waals surface area contributed by atoms with Crippen LogP contribution in [0.25, 0.3) is 6.08 Å². The maximum absolute atomic E-state index is 12.9. The zero-order valence-electron chi connectivity index (χ0n) is 15.3. The van der Waals surface area contributed by atoms with Gasteiger partial charge in [-0.2, -0.15) is 10.1 Å². The number of nitro groups is 1. The lowest BCUT2D eigenvalue weighted by atomic mass is 10.0. The molecule has 10 nitrogen and oxygen atoms in total. The number of hydrogen-bond donors (Lipinski definition) is 1. The third-order valence-electron chi connectivity index (χ3n) is 4.51. The highest BCUT2D eigenvalue weighted by Crippen LogP contribution is 2.39. The summed E-state index contributed by atoms with van der Waals surface area (Å²) in [7, 11) is 0. The SMILES string of the molecule is CC1=NN(c2ccc(Cl)c(C(=O)O)c2)C(=O)/C1=C/c1cc2c(cc1[N+](=O)[O-])OCO2. The number of nitro benzene ring substituents is 1. The summed E-state index contributed by atoms with van der Waals surface area (Å²) in [4.78, 5) is 35.1. The molecule has 2 aliphatic rings. The van der Waals surface area contributed by atoms with Crippen molar-refractivity contribution in [3.63, 3.8) is 0 Å². The number of halogens is 1. The van der Waals surface area contributed by atoms with Gasteiger partial charge in [0.15, 0.2) is 11.5 Å². The number of amides is 1. The minimum atomic E-state index is -1.25. The number of rotatable bonds is 4. The Morgan fingerprint density at radius 3 is 2.67 bits per heavy atom. The zero-order chi connectivity index (χ0) is 21.6. The van der Waals surface area contributed by atoms with Crippen LogP contribution in [0.1, 0.15) is 22.8 Å². The van der Waals surface area contributed by atoms with Crippen molar-refractivity contribution in [1.29, 1.82) is 0 Å². The maximum Gasteiger partial charge on any atom is 0.337 e. The summed E-state index contributed by atoms with van der Waals surface area (Å²) in [5.74, 6) is -1.25. The molecule has 30 heavy (non-hydrogen) atoms. The largest absolute Gasteiger partial charge is 0.478 e. The number of hydrazone groups is 1. The Labute approximate surface area is 173 Å². The van der Waals surface area contributed by atoms with E-state index >= 15 is 0 Å². The van der Waals surface area contributed by atoms with Gasteiger partial charge in [0.2, 0.25) is 6.79 Å². The lowest BCUT2D eigenvalue weighted by Crippen LogP contribution is -2.21. The molecule has 0 radical (unpaired) electrons. The van der Waals surface area contributed by atoms with Crippen LogP contribution in [0.2, 0.25) is 5.02 Å². The Kier molecular flexibility index (Phi) is 4.63. The molecule has 1 amide bonds. The normalized spacial score (nSPS) is 16.2. The molecular weight excluding hydrogens is 418 g/mol. The van der Waals surface area contributed by atoms with Gasteiger partial charge < -0.3 is 14.6 Å². The second kappa shape index (κ2) is 7.16. The first-order chi connectivity index (χ1) is 14.3. The Bertz CT molecular complexity index is 1190. The van der Waals surface area contributed by atoms with E-state index in [1.165, 1.54) is 36.4 Å². The van der Waals surface area contributed by atoms with Gasteiger partial charge in [-0.1, -0.05) is 11.6 Å². The van der Waals surface area contributed by atoms with Crippen molar-refractivity contribution < 1.29 is 29.1 Å². The Hall–Kier alpha value is -3.92. The van der Waals surface area contributed by atoms with Gasteiger partial charge in [0, 0.05) is 0 Å². The molecule has 152 valence electrons. The van der Waals surface area contributed by atoms with Crippen LogP contribution < -0.4 is 14.5 Å². The number of benzene rings is 2. The Balaban J connectivity index is 1.75. The molecule has 2 aromatic carbocycles. The minimum Gasteiger partial charge on any atom is -0.478 e. The third kappa shape index (κ3) is 3.22. The van der Waals surface area contributed by atoms with E-state index in [0.717, 1.165) is 5.01 Å². The standard InChI is InChI=1S/C19H12ClN3O7/c1-9-12(4-10-5-16-17(30-8-29-16)7-15(10)23(27)28)18(24)22(21-9)11-2-3-14(20)13(6-11)19(25)26/h2-7H,8H2,1H3,(H,25,26)/b12-4+. The second-order valence-corrected chi connectivity index (χ2v) is 6.76. The van der Waals surface area contributed by atoms with Crippen molar-refractivity contribution in [3.05, 3.63) is 62.2 Å². The second-order valence-electron chi connectivity index (χ2n) is 6.35. The first kappa shape index (κ1) is 19.4. The number of nitrogens with zero attached hydrogens (tertiary/aromatic N) is 3. The Morgan fingerprint density at radius 1 is 1.30 bits per heavy atom. The first-order valence-electron chi connectivity index (χ1n) is 8.49. The number of carbonyl (C=O) groups excluding carboxylic acids is 1. The van der Waals surface area contributed by atoms with Crippen LogP contribution in [0.4, 0.5) is 11.4 Å². The lowest BCUT2D eigenvalue weighted by molar-refractivity contribution is -0.385. The first-order valence-corrected chi connectivity index (χ1v) is 8.86. The van der Waals surface area contributed by atoms with Crippen LogP contribution in [0.5, 0.6) is 11.5 Å². The van der Waals surface area contributed by atoms with Crippen LogP contribution in [-0.4, -0.2) is 34.4 Å². The minimum absolute atomic E-state index is 0.0188. The third-order valence-corrected chi connectivity index (χ3v) is 4.84. The lowest BCUT2D eigenvalue weighted by Gasteiger charge is -2.13. The summed E-state index contributed by atoms with van der Waals surface area (Å²) in [6, 6.07) is 6.68. The van der Waals surface area contributed by atoms with Crippen LogP contribution in [0, 0.1) is 10.1 Å². The fourth-order valence-electron chi connectivity index (χ4n) is 3.04. The predicted octanol–water partition coefficient (Wildman–Crippen LogP) is 3.48. The highest BCUT2D eigenvalue weighted by molar-refractivity contribution is 6.34. The van der Waals surface area contributed by atoms with Crippen LogP contribution >= 0.6 is 11.6 Å². The number of carbonyl (C=O) groups is 2. The smallest absolute Gasteiger partial charge is 0.337 e. The quantitative estimate of drug-likeness (QED) is 0.447. The van der Waals surface area contributed by atoms with E-state index in [2.05, 4.69) is 5.10 Å². The molecule has 0 spiro atoms. The molecule has 0 saturated carbocycles. The van der Waals surface area contributed by atoms with Crippen molar-refractivity contribution in [1.82, 2.24) is 0 Å². The highest BCUT2D eigenvalue weighted by atomic mass is 35.5. The molecule has 4 rings (SSSR count). The number of ether oxygens (including phenoxy) is 2. The van der Waals surface area contributed by atoms with Crippen molar-refractivity contribution in [2.45, 2.75) is 6.92 Å². The van der Waals surface area contributed by atoms with E-state index in [9.17, 15) is 24.8 Å². The van der Waals surface area contributed by atoms with Gasteiger partial charge in [0.1, 0.15) is 0 Å². The Morgan fingerprint density at radius 2 is 2.00 bits per heavy atom. The summed E-state index contributed by atoms with van der Waals surface area (Å²) >= 11 is 5.88.